The Balaban J connectivity index is 0.00000180. The summed E-state index contributed by atoms with van der Waals surface area (Å²) in [4.78, 5) is 13.8. The van der Waals surface area contributed by atoms with Gasteiger partial charge in [0.2, 0.25) is 0 Å². The van der Waals surface area contributed by atoms with Gasteiger partial charge in [-0.25, -0.2) is 4.79 Å². The molecule has 4 nitrogen and oxygen atoms in total. The number of nitrogens with two attached hydrogens (primary N) is 1. The Bertz CT molecular complexity index is 426. The summed E-state index contributed by atoms with van der Waals surface area (Å²) >= 11 is 0. The minimum absolute atomic E-state index is 0. The summed E-state index contributed by atoms with van der Waals surface area (Å²) in [6.45, 7) is 3.78. The second kappa shape index (κ2) is 7.48. The summed E-state index contributed by atoms with van der Waals surface area (Å²) in [7, 11) is 1.40. The molecular weight excluding hydrogens is 264 g/mol. The molecule has 1 saturated heterocycles. The molecule has 1 aromatic rings. The molecule has 2 N–H and O–H groups in total. The van der Waals surface area contributed by atoms with Gasteiger partial charge < -0.3 is 10.5 Å². The Kier molecular flexibility index (Phi) is 6.28. The average molecular weight is 285 g/mol. The molecule has 5 heteroatoms. The van der Waals surface area contributed by atoms with Gasteiger partial charge in [-0.3, -0.25) is 4.90 Å². The van der Waals surface area contributed by atoms with E-state index in [2.05, 4.69) is 4.90 Å². The highest BCUT2D eigenvalue weighted by atomic mass is 35.5. The quantitative estimate of drug-likeness (QED) is 0.855. The number of ether oxygens (including phenoxy) is 1. The van der Waals surface area contributed by atoms with Crippen LogP contribution in [0.2, 0.25) is 0 Å². The van der Waals surface area contributed by atoms with E-state index in [0.717, 1.165) is 31.7 Å². The standard InChI is InChI=1S/C14H20N2O2.ClH/c1-18-14(17)13-4-2-3-11(7-13)9-16-6-5-12(8-15)10-16;/h2-4,7,12H,5-6,8-10,15H2,1H3;1H. The number of esters is 1. The first-order valence-corrected chi connectivity index (χ1v) is 6.32. The fourth-order valence-corrected chi connectivity index (χ4v) is 2.42. The van der Waals surface area contributed by atoms with Crippen molar-refractivity contribution in [3.63, 3.8) is 0 Å². The van der Waals surface area contributed by atoms with Gasteiger partial charge in [-0.05, 0) is 43.1 Å². The van der Waals surface area contributed by atoms with Gasteiger partial charge in [0.1, 0.15) is 0 Å². The number of benzene rings is 1. The van der Waals surface area contributed by atoms with Crippen molar-refractivity contribution < 1.29 is 9.53 Å². The number of methoxy groups -OCH3 is 1. The van der Waals surface area contributed by atoms with Gasteiger partial charge in [0.05, 0.1) is 12.7 Å². The molecule has 0 aromatic heterocycles. The van der Waals surface area contributed by atoms with Crippen molar-refractivity contribution in [3.05, 3.63) is 35.4 Å². The molecule has 1 aliphatic rings. The van der Waals surface area contributed by atoms with Crippen molar-refractivity contribution in [1.29, 1.82) is 0 Å². The van der Waals surface area contributed by atoms with Gasteiger partial charge in [0.15, 0.2) is 0 Å². The van der Waals surface area contributed by atoms with Crippen LogP contribution in [0.3, 0.4) is 0 Å². The molecule has 0 saturated carbocycles. The number of hydrogen-bond donors (Lipinski definition) is 1. The van der Waals surface area contributed by atoms with Crippen LogP contribution in [0.15, 0.2) is 24.3 Å². The summed E-state index contributed by atoms with van der Waals surface area (Å²) in [5.41, 5.74) is 7.45. The highest BCUT2D eigenvalue weighted by Gasteiger charge is 2.21. The van der Waals surface area contributed by atoms with E-state index < -0.39 is 0 Å². The molecule has 0 amide bonds. The SMILES string of the molecule is COC(=O)c1cccc(CN2CCC(CN)C2)c1.Cl. The molecule has 1 aliphatic heterocycles. The Labute approximate surface area is 120 Å². The maximum atomic E-state index is 11.4. The van der Waals surface area contributed by atoms with Gasteiger partial charge in [0, 0.05) is 13.1 Å². The highest BCUT2D eigenvalue weighted by Crippen LogP contribution is 2.18. The van der Waals surface area contributed by atoms with Crippen molar-refractivity contribution in [2.24, 2.45) is 11.7 Å². The van der Waals surface area contributed by atoms with E-state index in [-0.39, 0.29) is 18.4 Å². The minimum Gasteiger partial charge on any atom is -0.465 e. The molecule has 1 aromatic carbocycles. The molecule has 1 fully saturated rings. The first-order valence-electron chi connectivity index (χ1n) is 6.32. The molecule has 106 valence electrons. The van der Waals surface area contributed by atoms with Crippen LogP contribution >= 0.6 is 12.4 Å². The van der Waals surface area contributed by atoms with Crippen LogP contribution < -0.4 is 5.73 Å². The monoisotopic (exact) mass is 284 g/mol. The molecule has 1 heterocycles. The fraction of sp³-hybridized carbons (Fsp3) is 0.500. The average Bonchev–Trinajstić information content (AvgIpc) is 2.86. The Morgan fingerprint density at radius 1 is 1.53 bits per heavy atom. The van der Waals surface area contributed by atoms with E-state index in [1.807, 2.05) is 18.2 Å². The van der Waals surface area contributed by atoms with Crippen LogP contribution in [0.5, 0.6) is 0 Å². The normalized spacial score (nSPS) is 18.9. The minimum atomic E-state index is -0.280. The Morgan fingerprint density at radius 2 is 2.32 bits per heavy atom. The van der Waals surface area contributed by atoms with Crippen molar-refractivity contribution >= 4 is 18.4 Å². The van der Waals surface area contributed by atoms with Crippen LogP contribution in [0.25, 0.3) is 0 Å². The third-order valence-corrected chi connectivity index (χ3v) is 3.46. The van der Waals surface area contributed by atoms with E-state index in [4.69, 9.17) is 10.5 Å². The molecule has 1 unspecified atom stereocenters. The van der Waals surface area contributed by atoms with E-state index in [9.17, 15) is 4.79 Å². The molecule has 0 radical (unpaired) electrons. The lowest BCUT2D eigenvalue weighted by Crippen LogP contribution is -2.22. The number of rotatable bonds is 4. The lowest BCUT2D eigenvalue weighted by Gasteiger charge is -2.16. The van der Waals surface area contributed by atoms with Gasteiger partial charge in [-0.1, -0.05) is 12.1 Å². The Morgan fingerprint density at radius 3 is 2.95 bits per heavy atom. The molecule has 0 aliphatic carbocycles. The number of halogens is 1. The zero-order chi connectivity index (χ0) is 13.0. The number of carbonyl (C=O) groups is 1. The number of likely N-dealkylation sites (tertiary alicyclic amines) is 1. The topological polar surface area (TPSA) is 55.6 Å². The van der Waals surface area contributed by atoms with Crippen LogP contribution in [-0.4, -0.2) is 37.6 Å². The highest BCUT2D eigenvalue weighted by molar-refractivity contribution is 5.89. The lowest BCUT2D eigenvalue weighted by atomic mass is 10.1. The summed E-state index contributed by atoms with van der Waals surface area (Å²) in [6.07, 6.45) is 1.17. The third-order valence-electron chi connectivity index (χ3n) is 3.46. The predicted octanol–water partition coefficient (Wildman–Crippen LogP) is 1.68. The first-order chi connectivity index (χ1) is 8.72. The molecule has 2 rings (SSSR count). The Hall–Kier alpha value is -1.10. The third kappa shape index (κ3) is 4.20. The lowest BCUT2D eigenvalue weighted by molar-refractivity contribution is 0.0600. The maximum Gasteiger partial charge on any atom is 0.337 e. The molecule has 19 heavy (non-hydrogen) atoms. The predicted molar refractivity (Wildman–Crippen MR) is 77.5 cm³/mol. The van der Waals surface area contributed by atoms with E-state index in [1.165, 1.54) is 13.5 Å². The number of carbonyl (C=O) groups excluding carboxylic acids is 1. The van der Waals surface area contributed by atoms with Crippen LogP contribution in [0.4, 0.5) is 0 Å². The van der Waals surface area contributed by atoms with Gasteiger partial charge >= 0.3 is 5.97 Å². The largest absolute Gasteiger partial charge is 0.465 e. The van der Waals surface area contributed by atoms with Crippen molar-refractivity contribution in [2.75, 3.05) is 26.7 Å². The number of hydrogen-bond acceptors (Lipinski definition) is 4. The summed E-state index contributed by atoms with van der Waals surface area (Å²) in [6, 6.07) is 7.63. The van der Waals surface area contributed by atoms with Gasteiger partial charge in [-0.2, -0.15) is 0 Å². The summed E-state index contributed by atoms with van der Waals surface area (Å²) in [5.74, 6) is 0.340. The van der Waals surface area contributed by atoms with Gasteiger partial charge in [-0.15, -0.1) is 12.4 Å². The van der Waals surface area contributed by atoms with E-state index in [0.29, 0.717) is 11.5 Å². The summed E-state index contributed by atoms with van der Waals surface area (Å²) in [5, 5.41) is 0. The van der Waals surface area contributed by atoms with E-state index in [1.54, 1.807) is 6.07 Å². The zero-order valence-electron chi connectivity index (χ0n) is 11.2. The second-order valence-electron chi connectivity index (χ2n) is 4.82. The van der Waals surface area contributed by atoms with Crippen molar-refractivity contribution in [3.8, 4) is 0 Å². The number of nitrogens with zero attached hydrogens (tertiary/aromatic N) is 1. The molecule has 1 atom stereocenters. The fourth-order valence-electron chi connectivity index (χ4n) is 2.42. The van der Waals surface area contributed by atoms with Crippen LogP contribution in [0, 0.1) is 5.92 Å². The van der Waals surface area contributed by atoms with Crippen LogP contribution in [-0.2, 0) is 11.3 Å². The smallest absolute Gasteiger partial charge is 0.337 e. The second-order valence-corrected chi connectivity index (χ2v) is 4.82. The zero-order valence-corrected chi connectivity index (χ0v) is 12.0. The maximum absolute atomic E-state index is 11.4. The first kappa shape index (κ1) is 16.0. The van der Waals surface area contributed by atoms with Crippen molar-refractivity contribution in [2.45, 2.75) is 13.0 Å². The molecule has 0 bridgehead atoms. The van der Waals surface area contributed by atoms with Crippen LogP contribution in [0.1, 0.15) is 22.3 Å². The molecule has 0 spiro atoms. The van der Waals surface area contributed by atoms with E-state index >= 15 is 0 Å². The van der Waals surface area contributed by atoms with Gasteiger partial charge in [0.25, 0.3) is 0 Å². The summed E-state index contributed by atoms with van der Waals surface area (Å²) < 4.78 is 4.73. The molecular formula is C14H21ClN2O2. The van der Waals surface area contributed by atoms with Crippen molar-refractivity contribution in [1.82, 2.24) is 4.90 Å².